The second kappa shape index (κ2) is 5.77. The molecule has 0 bridgehead atoms. The molecule has 1 aromatic carbocycles. The summed E-state index contributed by atoms with van der Waals surface area (Å²) in [5.41, 5.74) is 2.30. The number of hydrogen-bond acceptors (Lipinski definition) is 3. The fraction of sp³-hybridized carbons (Fsp3) is 0.278. The van der Waals surface area contributed by atoms with Gasteiger partial charge in [-0.25, -0.2) is 0 Å². The minimum absolute atomic E-state index is 0.00754. The van der Waals surface area contributed by atoms with E-state index in [0.717, 1.165) is 16.6 Å². The molecule has 1 aliphatic rings. The first kappa shape index (κ1) is 15.4. The van der Waals surface area contributed by atoms with Crippen molar-refractivity contribution >= 4 is 22.7 Å². The standard InChI is InChI=1S/C18H19N5O2/c1-22-16(24)10-13(17(22)15-7-8-19-23(15)2)21-18(25)14-9-11-5-3-4-6-12(11)20-14/h3-9,13,17,20H,10H2,1-2H3,(H,21,25)/t13-,17-/m1/s1. The van der Waals surface area contributed by atoms with Gasteiger partial charge in [0.15, 0.2) is 0 Å². The van der Waals surface area contributed by atoms with Crippen LogP contribution in [-0.2, 0) is 11.8 Å². The second-order valence-corrected chi connectivity index (χ2v) is 6.38. The number of para-hydroxylation sites is 1. The van der Waals surface area contributed by atoms with Crippen molar-refractivity contribution in [3.05, 3.63) is 54.0 Å². The van der Waals surface area contributed by atoms with Crippen LogP contribution in [0.4, 0.5) is 0 Å². The third-order valence-corrected chi connectivity index (χ3v) is 4.84. The van der Waals surface area contributed by atoms with E-state index in [9.17, 15) is 9.59 Å². The highest BCUT2D eigenvalue weighted by molar-refractivity contribution is 5.98. The number of fused-ring (bicyclic) bond motifs is 1. The number of aromatic nitrogens is 3. The quantitative estimate of drug-likeness (QED) is 0.761. The summed E-state index contributed by atoms with van der Waals surface area (Å²) in [5.74, 6) is -0.204. The van der Waals surface area contributed by atoms with E-state index < -0.39 is 0 Å². The lowest BCUT2D eigenvalue weighted by molar-refractivity contribution is -0.127. The summed E-state index contributed by atoms with van der Waals surface area (Å²) in [5, 5.41) is 8.17. The Kier molecular flexibility index (Phi) is 3.56. The highest BCUT2D eigenvalue weighted by atomic mass is 16.2. The van der Waals surface area contributed by atoms with Crippen LogP contribution in [0.2, 0.25) is 0 Å². The van der Waals surface area contributed by atoms with Gasteiger partial charge >= 0.3 is 0 Å². The van der Waals surface area contributed by atoms with E-state index in [1.165, 1.54) is 0 Å². The Morgan fingerprint density at radius 1 is 1.28 bits per heavy atom. The van der Waals surface area contributed by atoms with Crippen LogP contribution in [0.15, 0.2) is 42.6 Å². The van der Waals surface area contributed by atoms with E-state index in [2.05, 4.69) is 15.4 Å². The number of nitrogens with one attached hydrogen (secondary N) is 2. The molecule has 4 rings (SSSR count). The molecule has 7 nitrogen and oxygen atoms in total. The Labute approximate surface area is 144 Å². The number of H-pyrrole nitrogens is 1. The zero-order chi connectivity index (χ0) is 17.6. The number of rotatable bonds is 3. The van der Waals surface area contributed by atoms with Crippen molar-refractivity contribution in [1.82, 2.24) is 25.0 Å². The van der Waals surface area contributed by atoms with Gasteiger partial charge in [-0.15, -0.1) is 0 Å². The van der Waals surface area contributed by atoms with Crippen molar-refractivity contribution in [3.63, 3.8) is 0 Å². The smallest absolute Gasteiger partial charge is 0.268 e. The van der Waals surface area contributed by atoms with Crippen LogP contribution < -0.4 is 5.32 Å². The van der Waals surface area contributed by atoms with Crippen LogP contribution in [-0.4, -0.2) is 44.6 Å². The monoisotopic (exact) mass is 337 g/mol. The van der Waals surface area contributed by atoms with Crippen molar-refractivity contribution < 1.29 is 9.59 Å². The van der Waals surface area contributed by atoms with Crippen LogP contribution in [0, 0.1) is 0 Å². The number of carbonyl (C=O) groups excluding carboxylic acids is 2. The highest BCUT2D eigenvalue weighted by Crippen LogP contribution is 2.31. The second-order valence-electron chi connectivity index (χ2n) is 6.38. The summed E-state index contributed by atoms with van der Waals surface area (Å²) in [4.78, 5) is 29.7. The summed E-state index contributed by atoms with van der Waals surface area (Å²) >= 11 is 0. The van der Waals surface area contributed by atoms with E-state index in [1.807, 2.05) is 43.4 Å². The molecule has 0 saturated carbocycles. The first-order valence-electron chi connectivity index (χ1n) is 8.17. The van der Waals surface area contributed by atoms with Gasteiger partial charge in [-0.2, -0.15) is 5.10 Å². The zero-order valence-corrected chi connectivity index (χ0v) is 14.1. The number of aromatic amines is 1. The third-order valence-electron chi connectivity index (χ3n) is 4.84. The number of likely N-dealkylation sites (tertiary alicyclic amines) is 1. The topological polar surface area (TPSA) is 83.0 Å². The molecule has 0 spiro atoms. The summed E-state index contributed by atoms with van der Waals surface area (Å²) in [6, 6.07) is 10.9. The van der Waals surface area contributed by atoms with Crippen LogP contribution in [0.25, 0.3) is 10.9 Å². The van der Waals surface area contributed by atoms with Gasteiger partial charge in [0.1, 0.15) is 5.69 Å². The van der Waals surface area contributed by atoms with Crippen LogP contribution in [0.5, 0.6) is 0 Å². The summed E-state index contributed by atoms with van der Waals surface area (Å²) < 4.78 is 1.74. The first-order valence-corrected chi connectivity index (χ1v) is 8.17. The van der Waals surface area contributed by atoms with Gasteiger partial charge in [0.2, 0.25) is 5.91 Å². The maximum atomic E-state index is 12.7. The largest absolute Gasteiger partial charge is 0.351 e. The van der Waals surface area contributed by atoms with E-state index in [-0.39, 0.29) is 30.3 Å². The van der Waals surface area contributed by atoms with Gasteiger partial charge in [0.05, 0.1) is 17.8 Å². The Hall–Kier alpha value is -3.09. The predicted octanol–water partition coefficient (Wildman–Crippen LogP) is 1.60. The molecule has 1 fully saturated rings. The molecule has 128 valence electrons. The van der Waals surface area contributed by atoms with E-state index >= 15 is 0 Å². The molecule has 3 aromatic rings. The van der Waals surface area contributed by atoms with Crippen molar-refractivity contribution in [2.24, 2.45) is 7.05 Å². The lowest BCUT2D eigenvalue weighted by Crippen LogP contribution is -2.39. The molecule has 1 aliphatic heterocycles. The molecule has 1 saturated heterocycles. The van der Waals surface area contributed by atoms with Crippen LogP contribution >= 0.6 is 0 Å². The van der Waals surface area contributed by atoms with Crippen LogP contribution in [0.1, 0.15) is 28.6 Å². The lowest BCUT2D eigenvalue weighted by atomic mass is 10.1. The molecule has 3 heterocycles. The van der Waals surface area contributed by atoms with E-state index in [0.29, 0.717) is 5.69 Å². The van der Waals surface area contributed by atoms with Gasteiger partial charge in [0.25, 0.3) is 5.91 Å². The number of hydrogen-bond donors (Lipinski definition) is 2. The summed E-state index contributed by atoms with van der Waals surface area (Å²) in [6.45, 7) is 0. The predicted molar refractivity (Wildman–Crippen MR) is 92.9 cm³/mol. The maximum Gasteiger partial charge on any atom is 0.268 e. The fourth-order valence-electron chi connectivity index (χ4n) is 3.52. The van der Waals surface area contributed by atoms with Gasteiger partial charge in [0, 0.05) is 37.6 Å². The van der Waals surface area contributed by atoms with E-state index in [4.69, 9.17) is 0 Å². The number of carbonyl (C=O) groups is 2. The minimum Gasteiger partial charge on any atom is -0.351 e. The average Bonchev–Trinajstić information content (AvgIpc) is 3.27. The number of aryl methyl sites for hydroxylation is 1. The molecule has 2 aromatic heterocycles. The van der Waals surface area contributed by atoms with Gasteiger partial charge in [-0.1, -0.05) is 18.2 Å². The Morgan fingerprint density at radius 3 is 2.80 bits per heavy atom. The number of likely N-dealkylation sites (N-methyl/N-ethyl adjacent to an activating group) is 1. The van der Waals surface area contributed by atoms with Gasteiger partial charge in [-0.05, 0) is 18.2 Å². The molecule has 2 N–H and O–H groups in total. The molecule has 0 radical (unpaired) electrons. The third kappa shape index (κ3) is 2.57. The Bertz CT molecular complexity index is 924. The number of amides is 2. The van der Waals surface area contributed by atoms with Gasteiger partial charge < -0.3 is 15.2 Å². The molecule has 2 amide bonds. The number of nitrogens with zero attached hydrogens (tertiary/aromatic N) is 3. The van der Waals surface area contributed by atoms with Crippen LogP contribution in [0.3, 0.4) is 0 Å². The molecular formula is C18H19N5O2. The molecule has 25 heavy (non-hydrogen) atoms. The fourth-order valence-corrected chi connectivity index (χ4v) is 3.52. The van der Waals surface area contributed by atoms with E-state index in [1.54, 1.807) is 22.8 Å². The molecule has 0 unspecified atom stereocenters. The van der Waals surface area contributed by atoms with Crippen molar-refractivity contribution in [1.29, 1.82) is 0 Å². The Balaban J connectivity index is 1.60. The average molecular weight is 337 g/mol. The molecular weight excluding hydrogens is 318 g/mol. The normalized spacial score (nSPS) is 20.4. The molecule has 2 atom stereocenters. The lowest BCUT2D eigenvalue weighted by Gasteiger charge is -2.25. The summed E-state index contributed by atoms with van der Waals surface area (Å²) in [6.07, 6.45) is 1.97. The summed E-state index contributed by atoms with van der Waals surface area (Å²) in [7, 11) is 3.59. The Morgan fingerprint density at radius 2 is 2.08 bits per heavy atom. The minimum atomic E-state index is -0.299. The SMILES string of the molecule is CN1C(=O)C[C@@H](NC(=O)c2cc3ccccc3[nH]2)[C@@H]1c1ccnn1C. The van der Waals surface area contributed by atoms with Crippen molar-refractivity contribution in [2.75, 3.05) is 7.05 Å². The van der Waals surface area contributed by atoms with Crippen molar-refractivity contribution in [3.8, 4) is 0 Å². The zero-order valence-electron chi connectivity index (χ0n) is 14.1. The van der Waals surface area contributed by atoms with Crippen molar-refractivity contribution in [2.45, 2.75) is 18.5 Å². The van der Waals surface area contributed by atoms with Gasteiger partial charge in [-0.3, -0.25) is 14.3 Å². The number of benzene rings is 1. The maximum absolute atomic E-state index is 12.7. The highest BCUT2D eigenvalue weighted by Gasteiger charge is 2.41. The molecule has 0 aliphatic carbocycles. The molecule has 7 heteroatoms. The first-order chi connectivity index (χ1) is 12.0.